The molecular weight excluding hydrogens is 236 g/mol. The number of methoxy groups -OCH3 is 1. The summed E-state index contributed by atoms with van der Waals surface area (Å²) < 4.78 is 5.19. The highest BCUT2D eigenvalue weighted by molar-refractivity contribution is 5.52. The van der Waals surface area contributed by atoms with Gasteiger partial charge in [0, 0.05) is 38.0 Å². The SMILES string of the molecule is COCCc1ccccc1NC1CCN(C2CC2)C1. The van der Waals surface area contributed by atoms with E-state index in [1.807, 2.05) is 0 Å². The number of para-hydroxylation sites is 1. The van der Waals surface area contributed by atoms with Gasteiger partial charge in [-0.2, -0.15) is 0 Å². The highest BCUT2D eigenvalue weighted by Crippen LogP contribution is 2.31. The Bertz CT molecular complexity index is 417. The fraction of sp³-hybridized carbons (Fsp3) is 0.625. The van der Waals surface area contributed by atoms with E-state index in [4.69, 9.17) is 4.74 Å². The minimum absolute atomic E-state index is 0.615. The Balaban J connectivity index is 1.59. The van der Waals surface area contributed by atoms with E-state index in [0.717, 1.165) is 19.1 Å². The summed E-state index contributed by atoms with van der Waals surface area (Å²) in [5.74, 6) is 0. The van der Waals surface area contributed by atoms with E-state index in [0.29, 0.717) is 6.04 Å². The molecule has 1 aliphatic carbocycles. The van der Waals surface area contributed by atoms with Crippen LogP contribution in [0.25, 0.3) is 0 Å². The third kappa shape index (κ3) is 3.28. The van der Waals surface area contributed by atoms with E-state index < -0.39 is 0 Å². The Labute approximate surface area is 115 Å². The lowest BCUT2D eigenvalue weighted by Gasteiger charge is -2.18. The fourth-order valence-corrected chi connectivity index (χ4v) is 2.99. The standard InChI is InChI=1S/C16H24N2O/c1-19-11-9-13-4-2-3-5-16(13)17-14-8-10-18(12-14)15-6-7-15/h2-5,14-15,17H,6-12H2,1H3. The average Bonchev–Trinajstić information content (AvgIpc) is 3.19. The number of benzene rings is 1. The van der Waals surface area contributed by atoms with Gasteiger partial charge in [-0.05, 0) is 37.3 Å². The molecule has 1 aliphatic heterocycles. The summed E-state index contributed by atoms with van der Waals surface area (Å²) in [6, 6.07) is 10.1. The molecule has 1 saturated heterocycles. The van der Waals surface area contributed by atoms with Crippen LogP contribution in [0.1, 0.15) is 24.8 Å². The van der Waals surface area contributed by atoms with Crippen LogP contribution >= 0.6 is 0 Å². The lowest BCUT2D eigenvalue weighted by molar-refractivity contribution is 0.202. The van der Waals surface area contributed by atoms with Gasteiger partial charge in [0.1, 0.15) is 0 Å². The molecule has 1 N–H and O–H groups in total. The zero-order chi connectivity index (χ0) is 13.1. The van der Waals surface area contributed by atoms with Gasteiger partial charge >= 0.3 is 0 Å². The summed E-state index contributed by atoms with van der Waals surface area (Å²) in [6.45, 7) is 3.27. The number of rotatable bonds is 6. The van der Waals surface area contributed by atoms with Gasteiger partial charge in [-0.25, -0.2) is 0 Å². The van der Waals surface area contributed by atoms with Crippen LogP contribution in [0.5, 0.6) is 0 Å². The van der Waals surface area contributed by atoms with E-state index in [2.05, 4.69) is 34.5 Å². The largest absolute Gasteiger partial charge is 0.384 e. The molecule has 104 valence electrons. The minimum atomic E-state index is 0.615. The monoisotopic (exact) mass is 260 g/mol. The van der Waals surface area contributed by atoms with Gasteiger partial charge in [0.05, 0.1) is 6.61 Å². The normalized spacial score (nSPS) is 23.7. The van der Waals surface area contributed by atoms with Crippen LogP contribution < -0.4 is 5.32 Å². The minimum Gasteiger partial charge on any atom is -0.384 e. The fourth-order valence-electron chi connectivity index (χ4n) is 2.99. The van der Waals surface area contributed by atoms with Crippen molar-refractivity contribution >= 4 is 5.69 Å². The van der Waals surface area contributed by atoms with Crippen LogP contribution in [0.3, 0.4) is 0 Å². The average molecular weight is 260 g/mol. The van der Waals surface area contributed by atoms with Crippen LogP contribution in [0, 0.1) is 0 Å². The summed E-state index contributed by atoms with van der Waals surface area (Å²) in [6.07, 6.45) is 5.09. The molecule has 0 aromatic heterocycles. The molecule has 0 amide bonds. The number of hydrogen-bond acceptors (Lipinski definition) is 3. The third-order valence-corrected chi connectivity index (χ3v) is 4.24. The predicted molar refractivity (Wildman–Crippen MR) is 78.6 cm³/mol. The molecule has 1 aromatic rings. The van der Waals surface area contributed by atoms with Crippen molar-refractivity contribution in [3.8, 4) is 0 Å². The summed E-state index contributed by atoms with van der Waals surface area (Å²) in [4.78, 5) is 2.65. The molecule has 1 unspecified atom stereocenters. The van der Waals surface area contributed by atoms with E-state index in [-0.39, 0.29) is 0 Å². The van der Waals surface area contributed by atoms with E-state index in [1.54, 1.807) is 7.11 Å². The molecule has 0 bridgehead atoms. The maximum atomic E-state index is 5.19. The molecule has 1 atom stereocenters. The molecule has 1 saturated carbocycles. The first kappa shape index (κ1) is 12.9. The van der Waals surface area contributed by atoms with E-state index in [9.17, 15) is 0 Å². The highest BCUT2D eigenvalue weighted by Gasteiger charge is 2.34. The van der Waals surface area contributed by atoms with Gasteiger partial charge < -0.3 is 10.1 Å². The van der Waals surface area contributed by atoms with Crippen molar-refractivity contribution in [2.75, 3.05) is 32.1 Å². The number of nitrogens with zero attached hydrogens (tertiary/aromatic N) is 1. The molecule has 1 aromatic carbocycles. The molecule has 3 rings (SSSR count). The Morgan fingerprint density at radius 3 is 2.89 bits per heavy atom. The molecular formula is C16H24N2O. The number of likely N-dealkylation sites (tertiary alicyclic amines) is 1. The van der Waals surface area contributed by atoms with Crippen molar-refractivity contribution in [3.05, 3.63) is 29.8 Å². The van der Waals surface area contributed by atoms with E-state index in [1.165, 1.54) is 43.6 Å². The topological polar surface area (TPSA) is 24.5 Å². The highest BCUT2D eigenvalue weighted by atomic mass is 16.5. The summed E-state index contributed by atoms with van der Waals surface area (Å²) in [7, 11) is 1.76. The van der Waals surface area contributed by atoms with Gasteiger partial charge in [-0.15, -0.1) is 0 Å². The first-order valence-electron chi connectivity index (χ1n) is 7.44. The molecule has 3 nitrogen and oxygen atoms in total. The van der Waals surface area contributed by atoms with Crippen molar-refractivity contribution in [2.24, 2.45) is 0 Å². The van der Waals surface area contributed by atoms with E-state index >= 15 is 0 Å². The summed E-state index contributed by atoms with van der Waals surface area (Å²) in [5, 5.41) is 3.73. The Morgan fingerprint density at radius 2 is 2.11 bits per heavy atom. The molecule has 3 heteroatoms. The van der Waals surface area contributed by atoms with Crippen LogP contribution in [-0.2, 0) is 11.2 Å². The van der Waals surface area contributed by atoms with Crippen molar-refractivity contribution in [1.82, 2.24) is 4.90 Å². The lowest BCUT2D eigenvalue weighted by Crippen LogP contribution is -2.28. The zero-order valence-corrected chi connectivity index (χ0v) is 11.8. The van der Waals surface area contributed by atoms with Gasteiger partial charge in [0.25, 0.3) is 0 Å². The lowest BCUT2D eigenvalue weighted by atomic mass is 10.1. The molecule has 19 heavy (non-hydrogen) atoms. The maximum absolute atomic E-state index is 5.19. The van der Waals surface area contributed by atoms with Crippen LogP contribution in [0.2, 0.25) is 0 Å². The Hall–Kier alpha value is -1.06. The van der Waals surface area contributed by atoms with Gasteiger partial charge in [-0.1, -0.05) is 18.2 Å². The molecule has 1 heterocycles. The molecule has 2 fully saturated rings. The summed E-state index contributed by atoms with van der Waals surface area (Å²) in [5.41, 5.74) is 2.66. The quantitative estimate of drug-likeness (QED) is 0.850. The van der Waals surface area contributed by atoms with Gasteiger partial charge in [0.2, 0.25) is 0 Å². The zero-order valence-electron chi connectivity index (χ0n) is 11.8. The smallest absolute Gasteiger partial charge is 0.0503 e. The van der Waals surface area contributed by atoms with Gasteiger partial charge in [0.15, 0.2) is 0 Å². The number of hydrogen-bond donors (Lipinski definition) is 1. The van der Waals surface area contributed by atoms with Crippen molar-refractivity contribution < 1.29 is 4.74 Å². The first-order valence-corrected chi connectivity index (χ1v) is 7.44. The van der Waals surface area contributed by atoms with Gasteiger partial charge in [-0.3, -0.25) is 4.90 Å². The number of nitrogens with one attached hydrogen (secondary N) is 1. The second-order valence-electron chi connectivity index (χ2n) is 5.76. The van der Waals surface area contributed by atoms with Crippen molar-refractivity contribution in [1.29, 1.82) is 0 Å². The van der Waals surface area contributed by atoms with Crippen molar-refractivity contribution in [2.45, 2.75) is 37.8 Å². The summed E-state index contributed by atoms with van der Waals surface area (Å²) >= 11 is 0. The Kier molecular flexibility index (Phi) is 4.04. The molecule has 2 aliphatic rings. The van der Waals surface area contributed by atoms with Crippen molar-refractivity contribution in [3.63, 3.8) is 0 Å². The Morgan fingerprint density at radius 1 is 1.26 bits per heavy atom. The molecule has 0 radical (unpaired) electrons. The number of anilines is 1. The number of ether oxygens (including phenoxy) is 1. The second kappa shape index (κ2) is 5.93. The second-order valence-corrected chi connectivity index (χ2v) is 5.76. The third-order valence-electron chi connectivity index (χ3n) is 4.24. The first-order chi connectivity index (χ1) is 9.36. The predicted octanol–water partition coefficient (Wildman–Crippen LogP) is 2.52. The maximum Gasteiger partial charge on any atom is 0.0503 e. The molecule has 0 spiro atoms. The van der Waals surface area contributed by atoms with Crippen LogP contribution in [0.4, 0.5) is 5.69 Å². The van der Waals surface area contributed by atoms with Crippen LogP contribution in [-0.4, -0.2) is 43.8 Å². The van der Waals surface area contributed by atoms with Crippen LogP contribution in [0.15, 0.2) is 24.3 Å².